The van der Waals surface area contributed by atoms with Crippen LogP contribution in [-0.2, 0) is 0 Å². The highest BCUT2D eigenvalue weighted by Gasteiger charge is 2.07. The number of aryl methyl sites for hydroxylation is 1. The van der Waals surface area contributed by atoms with Crippen LogP contribution in [0.15, 0.2) is 16.6 Å². The molecule has 0 unspecified atom stereocenters. The molecule has 3 N–H and O–H groups in total. The summed E-state index contributed by atoms with van der Waals surface area (Å²) in [5, 5.41) is 14.5. The Bertz CT molecular complexity index is 427. The van der Waals surface area contributed by atoms with E-state index in [2.05, 4.69) is 26.6 Å². The van der Waals surface area contributed by atoms with Gasteiger partial charge in [-0.05, 0) is 37.5 Å². The molecule has 0 aliphatic heterocycles. The van der Waals surface area contributed by atoms with Crippen molar-refractivity contribution in [3.05, 3.63) is 27.2 Å². The van der Waals surface area contributed by atoms with E-state index in [0.717, 1.165) is 16.5 Å². The van der Waals surface area contributed by atoms with Gasteiger partial charge in [0.2, 0.25) is 0 Å². The smallest absolute Gasteiger partial charge is 0.319 e. The number of rotatable bonds is 5. The van der Waals surface area contributed by atoms with Gasteiger partial charge in [0.05, 0.1) is 10.7 Å². The van der Waals surface area contributed by atoms with Gasteiger partial charge in [-0.3, -0.25) is 0 Å². The van der Waals surface area contributed by atoms with Crippen LogP contribution in [0.25, 0.3) is 0 Å². The SMILES string of the molecule is Cc1cc(Cl)c(NC(=O)NCCCCO)cc1Br. The van der Waals surface area contributed by atoms with Crippen LogP contribution < -0.4 is 10.6 Å². The van der Waals surface area contributed by atoms with Crippen molar-refractivity contribution in [3.8, 4) is 0 Å². The van der Waals surface area contributed by atoms with Crippen LogP contribution in [0.1, 0.15) is 18.4 Å². The quantitative estimate of drug-likeness (QED) is 0.723. The number of anilines is 1. The minimum atomic E-state index is -0.300. The first-order chi connectivity index (χ1) is 8.54. The van der Waals surface area contributed by atoms with Crippen LogP contribution in [0.5, 0.6) is 0 Å². The summed E-state index contributed by atoms with van der Waals surface area (Å²) in [5.74, 6) is 0. The van der Waals surface area contributed by atoms with Crippen LogP contribution in [0.3, 0.4) is 0 Å². The number of amides is 2. The molecule has 6 heteroatoms. The number of nitrogens with one attached hydrogen (secondary N) is 2. The normalized spacial score (nSPS) is 10.2. The minimum absolute atomic E-state index is 0.139. The number of hydrogen-bond donors (Lipinski definition) is 3. The lowest BCUT2D eigenvalue weighted by Crippen LogP contribution is -2.29. The molecule has 0 atom stereocenters. The Balaban J connectivity index is 2.51. The first-order valence-electron chi connectivity index (χ1n) is 5.66. The summed E-state index contributed by atoms with van der Waals surface area (Å²) < 4.78 is 0.891. The van der Waals surface area contributed by atoms with E-state index in [9.17, 15) is 4.79 Å². The van der Waals surface area contributed by atoms with Crippen LogP contribution in [0, 0.1) is 6.92 Å². The lowest BCUT2D eigenvalue weighted by molar-refractivity contribution is 0.250. The number of urea groups is 1. The monoisotopic (exact) mass is 334 g/mol. The summed E-state index contributed by atoms with van der Waals surface area (Å²) in [6.45, 7) is 2.59. The maximum Gasteiger partial charge on any atom is 0.319 e. The third-order valence-electron chi connectivity index (χ3n) is 2.37. The van der Waals surface area contributed by atoms with Crippen LogP contribution in [0.2, 0.25) is 5.02 Å². The zero-order chi connectivity index (χ0) is 13.5. The van der Waals surface area contributed by atoms with Gasteiger partial charge in [0.15, 0.2) is 0 Å². The molecule has 0 aromatic heterocycles. The Morgan fingerprint density at radius 3 is 2.83 bits per heavy atom. The molecule has 1 aromatic rings. The highest BCUT2D eigenvalue weighted by Crippen LogP contribution is 2.28. The molecule has 1 aromatic carbocycles. The molecule has 100 valence electrons. The lowest BCUT2D eigenvalue weighted by atomic mass is 10.2. The van der Waals surface area contributed by atoms with Crippen LogP contribution in [-0.4, -0.2) is 24.3 Å². The standard InChI is InChI=1S/C12H16BrClN2O2/c1-8-6-10(14)11(7-9(8)13)16-12(18)15-4-2-3-5-17/h6-7,17H,2-5H2,1H3,(H2,15,16,18). The molecule has 0 spiro atoms. The van der Waals surface area contributed by atoms with Gasteiger partial charge < -0.3 is 15.7 Å². The lowest BCUT2D eigenvalue weighted by Gasteiger charge is -2.10. The van der Waals surface area contributed by atoms with Gasteiger partial charge in [-0.25, -0.2) is 4.79 Å². The number of aliphatic hydroxyl groups excluding tert-OH is 1. The van der Waals surface area contributed by atoms with Crippen molar-refractivity contribution in [2.24, 2.45) is 0 Å². The summed E-state index contributed by atoms with van der Waals surface area (Å²) >= 11 is 9.42. The van der Waals surface area contributed by atoms with E-state index in [0.29, 0.717) is 23.7 Å². The molecule has 18 heavy (non-hydrogen) atoms. The third-order valence-corrected chi connectivity index (χ3v) is 3.53. The summed E-state index contributed by atoms with van der Waals surface area (Å²) in [6, 6.07) is 3.25. The number of benzene rings is 1. The van der Waals surface area contributed by atoms with Crippen molar-refractivity contribution in [1.82, 2.24) is 5.32 Å². The fraction of sp³-hybridized carbons (Fsp3) is 0.417. The van der Waals surface area contributed by atoms with Gasteiger partial charge in [-0.2, -0.15) is 0 Å². The molecule has 4 nitrogen and oxygen atoms in total. The molecule has 0 aliphatic rings. The number of carbonyl (C=O) groups is 1. The number of aliphatic hydroxyl groups is 1. The summed E-state index contributed by atoms with van der Waals surface area (Å²) in [5.41, 5.74) is 1.57. The van der Waals surface area contributed by atoms with E-state index in [1.165, 1.54) is 0 Å². The number of carbonyl (C=O) groups excluding carboxylic acids is 1. The maximum atomic E-state index is 11.6. The Morgan fingerprint density at radius 2 is 2.17 bits per heavy atom. The molecule has 2 amide bonds. The number of unbranched alkanes of at least 4 members (excludes halogenated alkanes) is 1. The molecule has 0 fully saturated rings. The largest absolute Gasteiger partial charge is 0.396 e. The molecular weight excluding hydrogens is 320 g/mol. The average Bonchev–Trinajstić information content (AvgIpc) is 2.32. The van der Waals surface area contributed by atoms with Crippen molar-refractivity contribution in [2.45, 2.75) is 19.8 Å². The Kier molecular flexibility index (Phi) is 6.46. The van der Waals surface area contributed by atoms with Gasteiger partial charge >= 0.3 is 6.03 Å². The fourth-order valence-electron chi connectivity index (χ4n) is 1.35. The first-order valence-corrected chi connectivity index (χ1v) is 6.83. The molecule has 0 saturated carbocycles. The second kappa shape index (κ2) is 7.61. The Morgan fingerprint density at radius 1 is 1.44 bits per heavy atom. The van der Waals surface area contributed by atoms with Gasteiger partial charge in [-0.1, -0.05) is 27.5 Å². The molecule has 0 radical (unpaired) electrons. The van der Waals surface area contributed by atoms with Crippen LogP contribution >= 0.6 is 27.5 Å². The van der Waals surface area contributed by atoms with Gasteiger partial charge in [0, 0.05) is 17.6 Å². The van der Waals surface area contributed by atoms with Crippen molar-refractivity contribution in [1.29, 1.82) is 0 Å². The molecule has 0 saturated heterocycles. The summed E-state index contributed by atoms with van der Waals surface area (Å²) in [7, 11) is 0. The van der Waals surface area contributed by atoms with E-state index in [1.54, 1.807) is 12.1 Å². The Labute approximate surface area is 120 Å². The predicted molar refractivity (Wildman–Crippen MR) is 77.2 cm³/mol. The topological polar surface area (TPSA) is 61.4 Å². The Hall–Kier alpha value is -0.780. The highest BCUT2D eigenvalue weighted by molar-refractivity contribution is 9.10. The molecule has 0 heterocycles. The maximum absolute atomic E-state index is 11.6. The van der Waals surface area contributed by atoms with Gasteiger partial charge in [-0.15, -0.1) is 0 Å². The minimum Gasteiger partial charge on any atom is -0.396 e. The summed E-state index contributed by atoms with van der Waals surface area (Å²) in [6.07, 6.45) is 1.42. The van der Waals surface area contributed by atoms with E-state index in [-0.39, 0.29) is 12.6 Å². The fourth-order valence-corrected chi connectivity index (χ4v) is 1.96. The van der Waals surface area contributed by atoms with Crippen molar-refractivity contribution in [2.75, 3.05) is 18.5 Å². The van der Waals surface area contributed by atoms with Crippen molar-refractivity contribution < 1.29 is 9.90 Å². The van der Waals surface area contributed by atoms with Crippen molar-refractivity contribution in [3.63, 3.8) is 0 Å². The van der Waals surface area contributed by atoms with E-state index in [1.807, 2.05) is 6.92 Å². The molecule has 0 aliphatic carbocycles. The van der Waals surface area contributed by atoms with Gasteiger partial charge in [0.1, 0.15) is 0 Å². The van der Waals surface area contributed by atoms with Crippen molar-refractivity contribution >= 4 is 39.2 Å². The number of hydrogen-bond acceptors (Lipinski definition) is 2. The second-order valence-electron chi connectivity index (χ2n) is 3.89. The van der Waals surface area contributed by atoms with Crippen LogP contribution in [0.4, 0.5) is 10.5 Å². The van der Waals surface area contributed by atoms with Gasteiger partial charge in [0.25, 0.3) is 0 Å². The zero-order valence-corrected chi connectivity index (χ0v) is 12.4. The molecular formula is C12H16BrClN2O2. The third kappa shape index (κ3) is 4.84. The highest BCUT2D eigenvalue weighted by atomic mass is 79.9. The van der Waals surface area contributed by atoms with E-state index < -0.39 is 0 Å². The first kappa shape index (κ1) is 15.3. The molecule has 0 bridgehead atoms. The van der Waals surface area contributed by atoms with E-state index in [4.69, 9.17) is 16.7 Å². The predicted octanol–water partition coefficient (Wildman–Crippen LogP) is 3.30. The zero-order valence-electron chi connectivity index (χ0n) is 10.1. The number of halogens is 2. The average molecular weight is 336 g/mol. The van der Waals surface area contributed by atoms with E-state index >= 15 is 0 Å². The molecule has 1 rings (SSSR count). The second-order valence-corrected chi connectivity index (χ2v) is 5.15. The summed E-state index contributed by atoms with van der Waals surface area (Å²) in [4.78, 5) is 11.6.